The summed E-state index contributed by atoms with van der Waals surface area (Å²) in [6.07, 6.45) is 3.62. The molecule has 1 aromatic heterocycles. The summed E-state index contributed by atoms with van der Waals surface area (Å²) in [7, 11) is 0. The maximum Gasteiger partial charge on any atom is 0.229 e. The molecule has 1 aromatic carbocycles. The lowest BCUT2D eigenvalue weighted by molar-refractivity contribution is 0.742. The largest absolute Gasteiger partial charge is 0.370 e. The standard InChI is InChI=1S/C16H21BrN4/c1-3-4-5-9-18-15-10-12(2)19-16(21-15)20-14-8-6-7-13(17)11-14/h6-8,10-11H,3-5,9H2,1-2H3,(H2,18,19,20,21). The van der Waals surface area contributed by atoms with E-state index in [4.69, 9.17) is 0 Å². The molecule has 2 rings (SSSR count). The topological polar surface area (TPSA) is 49.8 Å². The number of nitrogens with zero attached hydrogens (tertiary/aromatic N) is 2. The number of benzene rings is 1. The summed E-state index contributed by atoms with van der Waals surface area (Å²) < 4.78 is 1.03. The molecule has 0 amide bonds. The van der Waals surface area contributed by atoms with Gasteiger partial charge in [-0.05, 0) is 31.5 Å². The molecule has 0 unspecified atom stereocenters. The lowest BCUT2D eigenvalue weighted by atomic mass is 10.2. The number of aryl methyl sites for hydroxylation is 1. The van der Waals surface area contributed by atoms with Crippen molar-refractivity contribution in [2.45, 2.75) is 33.1 Å². The molecule has 0 atom stereocenters. The Hall–Kier alpha value is -1.62. The minimum atomic E-state index is 0.617. The van der Waals surface area contributed by atoms with Crippen LogP contribution in [0, 0.1) is 6.92 Å². The van der Waals surface area contributed by atoms with E-state index in [2.05, 4.69) is 43.5 Å². The fraction of sp³-hybridized carbons (Fsp3) is 0.375. The van der Waals surface area contributed by atoms with Crippen molar-refractivity contribution < 1.29 is 0 Å². The number of halogens is 1. The van der Waals surface area contributed by atoms with Crippen LogP contribution >= 0.6 is 15.9 Å². The minimum absolute atomic E-state index is 0.617. The van der Waals surface area contributed by atoms with Crippen LogP contribution in [0.5, 0.6) is 0 Å². The number of nitrogens with one attached hydrogen (secondary N) is 2. The molecule has 4 nitrogen and oxygen atoms in total. The van der Waals surface area contributed by atoms with E-state index in [0.29, 0.717) is 5.95 Å². The molecule has 2 N–H and O–H groups in total. The molecule has 0 spiro atoms. The highest BCUT2D eigenvalue weighted by Gasteiger charge is 2.03. The second kappa shape index (κ2) is 7.98. The van der Waals surface area contributed by atoms with Crippen molar-refractivity contribution in [3.05, 3.63) is 40.5 Å². The molecule has 2 aromatic rings. The predicted octanol–water partition coefficient (Wildman–Crippen LogP) is 4.89. The molecule has 0 radical (unpaired) electrons. The van der Waals surface area contributed by atoms with Crippen molar-refractivity contribution in [1.29, 1.82) is 0 Å². The Balaban J connectivity index is 2.04. The Bertz CT molecular complexity index is 586. The highest BCUT2D eigenvalue weighted by atomic mass is 79.9. The highest BCUT2D eigenvalue weighted by molar-refractivity contribution is 9.10. The Morgan fingerprint density at radius 3 is 2.76 bits per heavy atom. The van der Waals surface area contributed by atoms with Crippen LogP contribution in [0.1, 0.15) is 31.9 Å². The van der Waals surface area contributed by atoms with Gasteiger partial charge in [0.05, 0.1) is 0 Å². The first kappa shape index (κ1) is 15.8. The van der Waals surface area contributed by atoms with Crippen LogP contribution in [-0.4, -0.2) is 16.5 Å². The van der Waals surface area contributed by atoms with Gasteiger partial charge in [-0.3, -0.25) is 0 Å². The zero-order valence-corrected chi connectivity index (χ0v) is 14.1. The van der Waals surface area contributed by atoms with Crippen molar-refractivity contribution in [3.63, 3.8) is 0 Å². The summed E-state index contributed by atoms with van der Waals surface area (Å²) in [5.74, 6) is 1.49. The normalized spacial score (nSPS) is 10.4. The summed E-state index contributed by atoms with van der Waals surface area (Å²) in [5.41, 5.74) is 1.91. The van der Waals surface area contributed by atoms with E-state index >= 15 is 0 Å². The van der Waals surface area contributed by atoms with Crippen molar-refractivity contribution >= 4 is 33.4 Å². The van der Waals surface area contributed by atoms with Crippen LogP contribution in [0.4, 0.5) is 17.5 Å². The van der Waals surface area contributed by atoms with Crippen LogP contribution in [-0.2, 0) is 0 Å². The molecule has 1 heterocycles. The third-order valence-corrected chi connectivity index (χ3v) is 3.51. The Kier molecular flexibility index (Phi) is 5.99. The Labute approximate surface area is 134 Å². The van der Waals surface area contributed by atoms with Crippen LogP contribution in [0.2, 0.25) is 0 Å². The van der Waals surface area contributed by atoms with Crippen LogP contribution in [0.3, 0.4) is 0 Å². The molecule has 112 valence electrons. The first-order chi connectivity index (χ1) is 10.2. The maximum atomic E-state index is 4.51. The van der Waals surface area contributed by atoms with Crippen molar-refractivity contribution in [3.8, 4) is 0 Å². The first-order valence-electron chi connectivity index (χ1n) is 7.29. The third-order valence-electron chi connectivity index (χ3n) is 3.02. The SMILES string of the molecule is CCCCCNc1cc(C)nc(Nc2cccc(Br)c2)n1. The third kappa shape index (κ3) is 5.34. The smallest absolute Gasteiger partial charge is 0.229 e. The zero-order valence-electron chi connectivity index (χ0n) is 12.5. The van der Waals surface area contributed by atoms with Gasteiger partial charge >= 0.3 is 0 Å². The number of rotatable bonds is 7. The molecule has 0 bridgehead atoms. The Morgan fingerprint density at radius 2 is 2.00 bits per heavy atom. The lowest BCUT2D eigenvalue weighted by Gasteiger charge is -2.10. The van der Waals surface area contributed by atoms with E-state index in [0.717, 1.165) is 34.6 Å². The lowest BCUT2D eigenvalue weighted by Crippen LogP contribution is -2.06. The maximum absolute atomic E-state index is 4.51. The van der Waals surface area contributed by atoms with E-state index < -0.39 is 0 Å². The molecular weight excluding hydrogens is 328 g/mol. The summed E-state index contributed by atoms with van der Waals surface area (Å²) in [6, 6.07) is 9.93. The van der Waals surface area contributed by atoms with Crippen LogP contribution in [0.25, 0.3) is 0 Å². The van der Waals surface area contributed by atoms with Crippen molar-refractivity contribution in [2.75, 3.05) is 17.2 Å². The fourth-order valence-electron chi connectivity index (χ4n) is 2.00. The number of anilines is 3. The minimum Gasteiger partial charge on any atom is -0.370 e. The molecule has 5 heteroatoms. The number of hydrogen-bond acceptors (Lipinski definition) is 4. The van der Waals surface area contributed by atoms with E-state index in [-0.39, 0.29) is 0 Å². The molecular formula is C16H21BrN4. The molecule has 21 heavy (non-hydrogen) atoms. The second-order valence-electron chi connectivity index (χ2n) is 4.99. The van der Waals surface area contributed by atoms with Gasteiger partial charge in [0.1, 0.15) is 5.82 Å². The molecule has 0 aliphatic rings. The zero-order chi connectivity index (χ0) is 15.1. The average molecular weight is 349 g/mol. The fourth-order valence-corrected chi connectivity index (χ4v) is 2.40. The highest BCUT2D eigenvalue weighted by Crippen LogP contribution is 2.19. The van der Waals surface area contributed by atoms with E-state index in [1.807, 2.05) is 37.3 Å². The molecule has 0 saturated carbocycles. The number of hydrogen-bond donors (Lipinski definition) is 2. The van der Waals surface area contributed by atoms with Gasteiger partial charge in [0.2, 0.25) is 5.95 Å². The Morgan fingerprint density at radius 1 is 1.14 bits per heavy atom. The van der Waals surface area contributed by atoms with Gasteiger partial charge < -0.3 is 10.6 Å². The summed E-state index contributed by atoms with van der Waals surface area (Å²) in [5, 5.41) is 6.59. The molecule has 0 aliphatic heterocycles. The van der Waals surface area contributed by atoms with Gasteiger partial charge in [0.25, 0.3) is 0 Å². The van der Waals surface area contributed by atoms with Crippen LogP contribution < -0.4 is 10.6 Å². The number of unbranched alkanes of at least 4 members (excludes halogenated alkanes) is 2. The average Bonchev–Trinajstić information content (AvgIpc) is 2.43. The molecule has 0 fully saturated rings. The van der Waals surface area contributed by atoms with Crippen LogP contribution in [0.15, 0.2) is 34.8 Å². The van der Waals surface area contributed by atoms with Gasteiger partial charge in [0, 0.05) is 28.5 Å². The van der Waals surface area contributed by atoms with Crippen molar-refractivity contribution in [2.24, 2.45) is 0 Å². The number of aromatic nitrogens is 2. The summed E-state index contributed by atoms with van der Waals surface area (Å²) in [6.45, 7) is 5.13. The monoisotopic (exact) mass is 348 g/mol. The van der Waals surface area contributed by atoms with Gasteiger partial charge in [-0.25, -0.2) is 4.98 Å². The predicted molar refractivity (Wildman–Crippen MR) is 92.2 cm³/mol. The second-order valence-corrected chi connectivity index (χ2v) is 5.90. The molecule has 0 saturated heterocycles. The van der Waals surface area contributed by atoms with Gasteiger partial charge in [0.15, 0.2) is 0 Å². The van der Waals surface area contributed by atoms with E-state index in [9.17, 15) is 0 Å². The van der Waals surface area contributed by atoms with E-state index in [1.54, 1.807) is 0 Å². The van der Waals surface area contributed by atoms with Gasteiger partial charge in [-0.2, -0.15) is 4.98 Å². The quantitative estimate of drug-likeness (QED) is 0.699. The first-order valence-corrected chi connectivity index (χ1v) is 8.09. The van der Waals surface area contributed by atoms with E-state index in [1.165, 1.54) is 12.8 Å². The van der Waals surface area contributed by atoms with Gasteiger partial charge in [-0.15, -0.1) is 0 Å². The van der Waals surface area contributed by atoms with Crippen molar-refractivity contribution in [1.82, 2.24) is 9.97 Å². The summed E-state index contributed by atoms with van der Waals surface area (Å²) in [4.78, 5) is 8.93. The van der Waals surface area contributed by atoms with Gasteiger partial charge in [-0.1, -0.05) is 41.8 Å². The summed E-state index contributed by atoms with van der Waals surface area (Å²) >= 11 is 3.46. The molecule has 0 aliphatic carbocycles.